The van der Waals surface area contributed by atoms with Gasteiger partial charge in [0.05, 0.1) is 16.3 Å². The molecule has 0 spiro atoms. The Morgan fingerprint density at radius 3 is 2.41 bits per heavy atom. The Bertz CT molecular complexity index is 1420. The number of hydrogen-bond donors (Lipinski definition) is 3. The first-order valence-electron chi connectivity index (χ1n) is 12.1. The second-order valence-electron chi connectivity index (χ2n) is 9.22. The van der Waals surface area contributed by atoms with Gasteiger partial charge in [-0.3, -0.25) is 14.6 Å². The van der Waals surface area contributed by atoms with Crippen LogP contribution in [0.3, 0.4) is 0 Å². The number of nitrogens with zero attached hydrogens (tertiary/aromatic N) is 2. The van der Waals surface area contributed by atoms with Crippen LogP contribution in [0.5, 0.6) is 0 Å². The molecule has 4 rings (SSSR count). The number of hydrogen-bond acceptors (Lipinski definition) is 6. The van der Waals surface area contributed by atoms with Crippen molar-refractivity contribution in [1.82, 2.24) is 10.0 Å². The molecule has 10 nitrogen and oxygen atoms in total. The molecule has 208 valence electrons. The Labute approximate surface area is 222 Å². The lowest BCUT2D eigenvalue weighted by molar-refractivity contribution is -0.171. The minimum absolute atomic E-state index is 0.107. The van der Waals surface area contributed by atoms with Crippen molar-refractivity contribution in [2.45, 2.75) is 49.3 Å². The number of urea groups is 1. The lowest BCUT2D eigenvalue weighted by atomic mass is 9.83. The number of carbonyl (C=O) groups excluding carboxylic acids is 3. The fraction of sp³-hybridized carbons (Fsp3) is 0.360. The molecule has 0 bridgehead atoms. The monoisotopic (exact) mass is 565 g/mol. The summed E-state index contributed by atoms with van der Waals surface area (Å²) < 4.78 is 62.9. The van der Waals surface area contributed by atoms with E-state index >= 15 is 0 Å². The molecule has 3 N–H and O–H groups in total. The highest BCUT2D eigenvalue weighted by Crippen LogP contribution is 2.33. The van der Waals surface area contributed by atoms with E-state index in [4.69, 9.17) is 0 Å². The van der Waals surface area contributed by atoms with Gasteiger partial charge < -0.3 is 15.5 Å². The topological polar surface area (TPSA) is 137 Å². The fourth-order valence-electron chi connectivity index (χ4n) is 4.62. The highest BCUT2D eigenvalue weighted by Gasteiger charge is 2.41. The van der Waals surface area contributed by atoms with E-state index in [-0.39, 0.29) is 11.6 Å². The largest absolute Gasteiger partial charge is 0.472 e. The molecule has 1 heterocycles. The molecular weight excluding hydrogens is 539 g/mol. The molecule has 0 unspecified atom stereocenters. The van der Waals surface area contributed by atoms with Crippen LogP contribution >= 0.6 is 0 Å². The van der Waals surface area contributed by atoms with Crippen LogP contribution in [-0.4, -0.2) is 51.4 Å². The van der Waals surface area contributed by atoms with E-state index in [9.17, 15) is 36.0 Å². The van der Waals surface area contributed by atoms with Crippen LogP contribution in [0.4, 0.5) is 29.3 Å². The molecule has 2 aromatic rings. The number of aliphatic imine (C=N–C) groups is 1. The normalized spacial score (nSPS) is 18.5. The molecule has 1 fully saturated rings. The molecule has 1 aliphatic heterocycles. The summed E-state index contributed by atoms with van der Waals surface area (Å²) in [5.41, 5.74) is 2.09. The first-order chi connectivity index (χ1) is 18.4. The van der Waals surface area contributed by atoms with E-state index in [0.29, 0.717) is 5.69 Å². The summed E-state index contributed by atoms with van der Waals surface area (Å²) in [6.07, 6.45) is -1.72. The molecule has 1 atom stereocenters. The summed E-state index contributed by atoms with van der Waals surface area (Å²) in [5, 5.41) is 4.87. The lowest BCUT2D eigenvalue weighted by Crippen LogP contribution is -2.47. The van der Waals surface area contributed by atoms with Gasteiger partial charge in [-0.05, 0) is 37.1 Å². The number of amides is 4. The van der Waals surface area contributed by atoms with Crippen molar-refractivity contribution < 1.29 is 36.0 Å². The Balaban J connectivity index is 1.55. The van der Waals surface area contributed by atoms with Crippen LogP contribution in [0.25, 0.3) is 0 Å². The third-order valence-electron chi connectivity index (χ3n) is 6.52. The van der Waals surface area contributed by atoms with Crippen LogP contribution < -0.4 is 20.3 Å². The Hall–Kier alpha value is -3.94. The van der Waals surface area contributed by atoms with E-state index in [2.05, 4.69) is 15.6 Å². The summed E-state index contributed by atoms with van der Waals surface area (Å²) >= 11 is 0. The fourth-order valence-corrected chi connectivity index (χ4v) is 5.63. The van der Waals surface area contributed by atoms with Crippen molar-refractivity contribution in [2.75, 3.05) is 17.3 Å². The van der Waals surface area contributed by atoms with Gasteiger partial charge in [0.25, 0.3) is 15.9 Å². The number of benzene rings is 2. The van der Waals surface area contributed by atoms with Crippen LogP contribution in [-0.2, 0) is 19.6 Å². The second kappa shape index (κ2) is 11.0. The zero-order valence-electron chi connectivity index (χ0n) is 20.8. The zero-order chi connectivity index (χ0) is 28.4. The Kier molecular flexibility index (Phi) is 7.95. The van der Waals surface area contributed by atoms with Gasteiger partial charge in [-0.25, -0.2) is 17.9 Å². The molecule has 1 aliphatic carbocycles. The number of likely N-dealkylation sites (N-methyl/N-ethyl adjacent to an activating group) is 1. The number of carbonyl (C=O) groups is 3. The highest BCUT2D eigenvalue weighted by atomic mass is 32.2. The molecule has 0 saturated heterocycles. The van der Waals surface area contributed by atoms with Gasteiger partial charge in [0, 0.05) is 24.2 Å². The van der Waals surface area contributed by atoms with Gasteiger partial charge >= 0.3 is 18.1 Å². The van der Waals surface area contributed by atoms with Gasteiger partial charge in [-0.15, -0.1) is 0 Å². The maximum atomic E-state index is 13.3. The Morgan fingerprint density at radius 2 is 1.72 bits per heavy atom. The third kappa shape index (κ3) is 6.38. The molecular formula is C25H26F3N5O5S. The number of benzodiazepines with no additional fused rings is 1. The van der Waals surface area contributed by atoms with Crippen molar-refractivity contribution in [2.24, 2.45) is 10.9 Å². The first kappa shape index (κ1) is 28.1. The van der Waals surface area contributed by atoms with E-state index in [0.717, 1.165) is 60.2 Å². The minimum Gasteiger partial charge on any atom is -0.311 e. The molecule has 1 saturated carbocycles. The molecule has 2 aliphatic rings. The summed E-state index contributed by atoms with van der Waals surface area (Å²) in [6.45, 7) is 0. The molecule has 0 aromatic heterocycles. The van der Waals surface area contributed by atoms with E-state index in [1.165, 1.54) is 17.0 Å². The highest BCUT2D eigenvalue weighted by molar-refractivity contribution is 7.90. The quantitative estimate of drug-likeness (QED) is 0.509. The van der Waals surface area contributed by atoms with Gasteiger partial charge in [-0.2, -0.15) is 13.2 Å². The van der Waals surface area contributed by atoms with Crippen molar-refractivity contribution in [3.63, 3.8) is 0 Å². The molecule has 39 heavy (non-hydrogen) atoms. The summed E-state index contributed by atoms with van der Waals surface area (Å²) in [5.74, 6) is -3.03. The van der Waals surface area contributed by atoms with Gasteiger partial charge in [0.1, 0.15) is 0 Å². The van der Waals surface area contributed by atoms with E-state index < -0.39 is 45.1 Å². The lowest BCUT2D eigenvalue weighted by Gasteiger charge is -2.25. The number of fused-ring (bicyclic) bond motifs is 1. The minimum atomic E-state index is -5.40. The number of nitrogens with one attached hydrogen (secondary N) is 3. The van der Waals surface area contributed by atoms with Crippen molar-refractivity contribution in [3.8, 4) is 0 Å². The predicted molar refractivity (Wildman–Crippen MR) is 137 cm³/mol. The third-order valence-corrected chi connectivity index (χ3v) is 7.85. The Morgan fingerprint density at radius 1 is 1.03 bits per heavy atom. The smallest absolute Gasteiger partial charge is 0.311 e. The predicted octanol–water partition coefficient (Wildman–Crippen LogP) is 3.55. The average Bonchev–Trinajstić information content (AvgIpc) is 2.99. The van der Waals surface area contributed by atoms with Gasteiger partial charge in [0.15, 0.2) is 0 Å². The number of rotatable bonds is 5. The van der Waals surface area contributed by atoms with E-state index in [1.54, 1.807) is 19.2 Å². The molecule has 4 amide bonds. The van der Waals surface area contributed by atoms with E-state index in [1.807, 2.05) is 12.1 Å². The number of para-hydroxylation sites is 1. The maximum absolute atomic E-state index is 13.3. The van der Waals surface area contributed by atoms with Crippen molar-refractivity contribution >= 4 is 45.0 Å². The van der Waals surface area contributed by atoms with Gasteiger partial charge in [0.2, 0.25) is 6.17 Å². The van der Waals surface area contributed by atoms with Crippen LogP contribution in [0.1, 0.15) is 37.7 Å². The van der Waals surface area contributed by atoms with Gasteiger partial charge in [-0.1, -0.05) is 43.5 Å². The number of halogens is 3. The summed E-state index contributed by atoms with van der Waals surface area (Å²) in [4.78, 5) is 42.6. The van der Waals surface area contributed by atoms with Crippen LogP contribution in [0.15, 0.2) is 58.4 Å². The van der Waals surface area contributed by atoms with Crippen molar-refractivity contribution in [1.29, 1.82) is 0 Å². The second-order valence-corrected chi connectivity index (χ2v) is 10.9. The maximum Gasteiger partial charge on any atom is 0.472 e. The molecule has 14 heteroatoms. The van der Waals surface area contributed by atoms with Crippen LogP contribution in [0, 0.1) is 5.92 Å². The SMILES string of the molecule is CN1C(=O)[C@H](NC(=O)Nc2cccc(S(=O)(=O)NC(=O)C(F)(F)F)c2)N=C(C2CCCCC2)c2ccccc21. The number of sulfonamides is 1. The summed E-state index contributed by atoms with van der Waals surface area (Å²) in [7, 11) is -3.29. The molecule has 2 aromatic carbocycles. The molecule has 0 radical (unpaired) electrons. The first-order valence-corrected chi connectivity index (χ1v) is 13.6. The number of anilines is 2. The number of alkyl halides is 3. The summed E-state index contributed by atoms with van der Waals surface area (Å²) in [6, 6.07) is 10.7. The average molecular weight is 566 g/mol. The van der Waals surface area contributed by atoms with Crippen LogP contribution in [0.2, 0.25) is 0 Å². The van der Waals surface area contributed by atoms with Crippen molar-refractivity contribution in [3.05, 3.63) is 54.1 Å². The zero-order valence-corrected chi connectivity index (χ0v) is 21.6. The standard InChI is InChI=1S/C25H26F3N5O5S/c1-33-19-13-6-5-12-18(19)20(15-8-3-2-4-9-15)30-21(22(33)34)31-24(36)29-16-10-7-11-17(14-16)39(37,38)32-23(35)25(26,27)28/h5-7,10-15,21H,2-4,8-9H2,1H3,(H,32,35)(H2,29,31,36)/t21-/m0/s1.